The Morgan fingerprint density at radius 3 is 1.00 bits per heavy atom. The van der Waals surface area contributed by atoms with E-state index in [1.54, 1.807) is 0 Å². The van der Waals surface area contributed by atoms with Crippen LogP contribution in [0.25, 0.3) is 0 Å². The van der Waals surface area contributed by atoms with Gasteiger partial charge < -0.3 is 0 Å². The summed E-state index contributed by atoms with van der Waals surface area (Å²) < 4.78 is 0. The zero-order valence-corrected chi connectivity index (χ0v) is 6.32. The number of amides is 8. The van der Waals surface area contributed by atoms with Gasteiger partial charge in [0.15, 0.2) is 0 Å². The Morgan fingerprint density at radius 1 is 0.571 bits per heavy atom. The van der Waals surface area contributed by atoms with Crippen LogP contribution in [0.3, 0.4) is 0 Å². The van der Waals surface area contributed by atoms with Crippen LogP contribution in [0.15, 0.2) is 20.5 Å². The highest BCUT2D eigenvalue weighted by atomic mass is 16.3. The lowest BCUT2D eigenvalue weighted by atomic mass is 10.8. The van der Waals surface area contributed by atoms with E-state index in [0.717, 1.165) is 0 Å². The van der Waals surface area contributed by atoms with Gasteiger partial charge in [0.2, 0.25) is 0 Å². The van der Waals surface area contributed by atoms with Gasteiger partial charge in [0.05, 0.1) is 0 Å². The number of azo groups is 2. The predicted molar refractivity (Wildman–Crippen MR) is 35.0 cm³/mol. The van der Waals surface area contributed by atoms with E-state index >= 15 is 0 Å². The monoisotopic (exact) mass is 196 g/mol. The molecule has 0 fully saturated rings. The molecule has 0 spiro atoms. The third kappa shape index (κ3) is 0.903. The largest absolute Gasteiger partial charge is 0.390 e. The van der Waals surface area contributed by atoms with Gasteiger partial charge in [-0.1, -0.05) is 20.5 Å². The third-order valence-electron chi connectivity index (χ3n) is 1.37. The van der Waals surface area contributed by atoms with Crippen LogP contribution < -0.4 is 0 Å². The summed E-state index contributed by atoms with van der Waals surface area (Å²) in [6, 6.07) is -4.54. The van der Waals surface area contributed by atoms with Crippen molar-refractivity contribution in [3.63, 3.8) is 0 Å². The molecule has 0 saturated carbocycles. The highest BCUT2D eigenvalue weighted by Gasteiger charge is 2.43. The van der Waals surface area contributed by atoms with E-state index in [0.29, 0.717) is 0 Å². The molecular weight excluding hydrogens is 196 g/mol. The standard InChI is InChI=1S/C4N6O4/c11-1-5-6-2(12)9(1)10-3(13)7-8-4(10)14. The van der Waals surface area contributed by atoms with Crippen molar-refractivity contribution < 1.29 is 19.2 Å². The molecule has 2 aliphatic heterocycles. The quantitative estimate of drug-likeness (QED) is 0.617. The number of carbonyl (C=O) groups excluding carboxylic acids is 4. The second-order valence-corrected chi connectivity index (χ2v) is 2.15. The van der Waals surface area contributed by atoms with Gasteiger partial charge in [-0.3, -0.25) is 0 Å². The number of rotatable bonds is 1. The summed E-state index contributed by atoms with van der Waals surface area (Å²) in [4.78, 5) is 43.5. The summed E-state index contributed by atoms with van der Waals surface area (Å²) in [5, 5.41) is 11.7. The molecule has 14 heavy (non-hydrogen) atoms. The molecule has 0 aliphatic carbocycles. The fourth-order valence-corrected chi connectivity index (χ4v) is 0.846. The highest BCUT2D eigenvalue weighted by Crippen LogP contribution is 2.17. The summed E-state index contributed by atoms with van der Waals surface area (Å²) in [6.45, 7) is 0. The van der Waals surface area contributed by atoms with Crippen LogP contribution in [-0.2, 0) is 0 Å². The minimum atomic E-state index is -1.14. The molecule has 0 bridgehead atoms. The van der Waals surface area contributed by atoms with Crippen LogP contribution in [0.1, 0.15) is 0 Å². The molecule has 2 aliphatic rings. The van der Waals surface area contributed by atoms with E-state index < -0.39 is 24.1 Å². The molecule has 0 unspecified atom stereocenters. The molecule has 0 N–H and O–H groups in total. The molecule has 2 rings (SSSR count). The number of nitrogens with zero attached hydrogens (tertiary/aromatic N) is 6. The molecule has 10 heteroatoms. The maximum Gasteiger partial charge on any atom is 0.390 e. The van der Waals surface area contributed by atoms with Gasteiger partial charge in [0.1, 0.15) is 0 Å². The van der Waals surface area contributed by atoms with Crippen molar-refractivity contribution in [1.82, 2.24) is 10.0 Å². The van der Waals surface area contributed by atoms with Crippen molar-refractivity contribution in [2.75, 3.05) is 0 Å². The first kappa shape index (κ1) is 8.10. The van der Waals surface area contributed by atoms with Crippen molar-refractivity contribution in [3.05, 3.63) is 0 Å². The zero-order chi connectivity index (χ0) is 10.3. The van der Waals surface area contributed by atoms with Gasteiger partial charge in [-0.25, -0.2) is 19.2 Å². The Balaban J connectivity index is 2.33. The molecule has 10 nitrogen and oxygen atoms in total. The lowest BCUT2D eigenvalue weighted by Gasteiger charge is -2.16. The highest BCUT2D eigenvalue weighted by molar-refractivity contribution is 6.07. The molecule has 8 amide bonds. The second-order valence-electron chi connectivity index (χ2n) is 2.15. The maximum absolute atomic E-state index is 10.9. The summed E-state index contributed by atoms with van der Waals surface area (Å²) >= 11 is 0. The second kappa shape index (κ2) is 2.48. The number of hydrazine groups is 1. The SMILES string of the molecule is O=C1N=NC(=O)N1N1C(=O)N=NC1=O. The predicted octanol–water partition coefficient (Wildman–Crippen LogP) is 0.917. The Morgan fingerprint density at radius 2 is 0.786 bits per heavy atom. The van der Waals surface area contributed by atoms with Gasteiger partial charge in [-0.05, 0) is 0 Å². The Bertz CT molecular complexity index is 348. The van der Waals surface area contributed by atoms with E-state index in [9.17, 15) is 19.2 Å². The van der Waals surface area contributed by atoms with Crippen LogP contribution in [-0.4, -0.2) is 34.1 Å². The summed E-state index contributed by atoms with van der Waals surface area (Å²) in [6.07, 6.45) is 0. The smallest absolute Gasteiger partial charge is 0.242 e. The van der Waals surface area contributed by atoms with E-state index in [4.69, 9.17) is 0 Å². The van der Waals surface area contributed by atoms with E-state index in [1.807, 2.05) is 0 Å². The Kier molecular flexibility index (Phi) is 1.44. The fourth-order valence-electron chi connectivity index (χ4n) is 0.846. The molecule has 70 valence electrons. The van der Waals surface area contributed by atoms with Gasteiger partial charge >= 0.3 is 24.1 Å². The molecule has 2 heterocycles. The minimum absolute atomic E-state index is 0.157. The fraction of sp³-hybridized carbons (Fsp3) is 0. The van der Waals surface area contributed by atoms with Crippen molar-refractivity contribution >= 4 is 24.1 Å². The van der Waals surface area contributed by atoms with Crippen LogP contribution in [0, 0.1) is 0 Å². The third-order valence-corrected chi connectivity index (χ3v) is 1.37. The summed E-state index contributed by atoms with van der Waals surface area (Å²) in [5.41, 5.74) is 0. The van der Waals surface area contributed by atoms with Gasteiger partial charge in [-0.15, -0.1) is 10.0 Å². The zero-order valence-electron chi connectivity index (χ0n) is 6.32. The maximum atomic E-state index is 10.9. The molecular formula is C4N6O4. The number of urea groups is 4. The van der Waals surface area contributed by atoms with E-state index in [-0.39, 0.29) is 10.0 Å². The topological polar surface area (TPSA) is 124 Å². The Labute approximate surface area is 74.9 Å². The molecule has 0 aromatic rings. The molecule has 0 radical (unpaired) electrons. The van der Waals surface area contributed by atoms with Crippen molar-refractivity contribution in [2.24, 2.45) is 20.5 Å². The lowest BCUT2D eigenvalue weighted by molar-refractivity contribution is 0.113. The van der Waals surface area contributed by atoms with Crippen LogP contribution in [0.5, 0.6) is 0 Å². The molecule has 0 atom stereocenters. The average molecular weight is 196 g/mol. The molecule has 0 aromatic heterocycles. The molecule has 0 aromatic carbocycles. The van der Waals surface area contributed by atoms with Gasteiger partial charge in [0.25, 0.3) is 0 Å². The van der Waals surface area contributed by atoms with E-state index in [2.05, 4.69) is 20.5 Å². The van der Waals surface area contributed by atoms with Gasteiger partial charge in [-0.2, -0.15) is 0 Å². The van der Waals surface area contributed by atoms with Crippen molar-refractivity contribution in [1.29, 1.82) is 0 Å². The molecule has 0 saturated heterocycles. The van der Waals surface area contributed by atoms with E-state index in [1.165, 1.54) is 0 Å². The average Bonchev–Trinajstić information content (AvgIpc) is 2.60. The number of imide groups is 2. The minimum Gasteiger partial charge on any atom is -0.242 e. The van der Waals surface area contributed by atoms with Crippen LogP contribution in [0.4, 0.5) is 19.2 Å². The summed E-state index contributed by atoms with van der Waals surface area (Å²) in [7, 11) is 0. The normalized spacial score (nSPS) is 20.6. The number of hydrogen-bond acceptors (Lipinski definition) is 4. The summed E-state index contributed by atoms with van der Waals surface area (Å²) in [5.74, 6) is 0. The van der Waals surface area contributed by atoms with Crippen molar-refractivity contribution in [2.45, 2.75) is 0 Å². The van der Waals surface area contributed by atoms with Crippen LogP contribution >= 0.6 is 0 Å². The lowest BCUT2D eigenvalue weighted by Crippen LogP contribution is -2.47. The Hall–Kier alpha value is -2.52. The number of hydrogen-bond donors (Lipinski definition) is 0. The first-order valence-corrected chi connectivity index (χ1v) is 3.21. The van der Waals surface area contributed by atoms with Crippen molar-refractivity contribution in [3.8, 4) is 0 Å². The number of carbonyl (C=O) groups is 4. The van der Waals surface area contributed by atoms with Gasteiger partial charge in [0, 0.05) is 0 Å². The van der Waals surface area contributed by atoms with Crippen LogP contribution in [0.2, 0.25) is 0 Å². The first-order chi connectivity index (χ1) is 6.61. The first-order valence-electron chi connectivity index (χ1n) is 3.21.